The van der Waals surface area contributed by atoms with E-state index in [2.05, 4.69) is 10.6 Å². The van der Waals surface area contributed by atoms with Gasteiger partial charge in [-0.3, -0.25) is 9.59 Å². The Morgan fingerprint density at radius 1 is 1.47 bits per heavy atom. The van der Waals surface area contributed by atoms with E-state index in [0.29, 0.717) is 18.8 Å². The van der Waals surface area contributed by atoms with Gasteiger partial charge in [0.1, 0.15) is 6.04 Å². The number of amides is 2. The lowest BCUT2D eigenvalue weighted by atomic mass is 9.72. The third kappa shape index (κ3) is 1.71. The van der Waals surface area contributed by atoms with Gasteiger partial charge in [-0.15, -0.1) is 0 Å². The maximum absolute atomic E-state index is 11.9. The zero-order chi connectivity index (χ0) is 12.0. The minimum Gasteiger partial charge on any atom is -0.376 e. The Labute approximate surface area is 99.2 Å². The zero-order valence-electron chi connectivity index (χ0n) is 9.52. The molecule has 0 aromatic rings. The van der Waals surface area contributed by atoms with Crippen molar-refractivity contribution in [2.75, 3.05) is 6.61 Å². The molecule has 0 spiro atoms. The van der Waals surface area contributed by atoms with Crippen LogP contribution in [0.25, 0.3) is 0 Å². The van der Waals surface area contributed by atoms with Crippen LogP contribution in [0.2, 0.25) is 0 Å². The van der Waals surface area contributed by atoms with Crippen LogP contribution >= 0.6 is 0 Å². The molecule has 2 aliphatic heterocycles. The SMILES string of the molecule is NC1C2CCOC2C1NC(=O)[C@H]1CCC(=O)N1. The lowest BCUT2D eigenvalue weighted by Gasteiger charge is -2.45. The fraction of sp³-hybridized carbons (Fsp3) is 0.818. The molecule has 2 heterocycles. The van der Waals surface area contributed by atoms with Crippen molar-refractivity contribution in [1.29, 1.82) is 0 Å². The molecule has 4 unspecified atom stereocenters. The first-order chi connectivity index (χ1) is 8.16. The van der Waals surface area contributed by atoms with Gasteiger partial charge in [-0.2, -0.15) is 0 Å². The third-order valence-corrected chi connectivity index (χ3v) is 4.07. The molecule has 5 atom stereocenters. The van der Waals surface area contributed by atoms with E-state index < -0.39 is 6.04 Å². The second kappa shape index (κ2) is 3.96. The van der Waals surface area contributed by atoms with Crippen LogP contribution in [0.3, 0.4) is 0 Å². The van der Waals surface area contributed by atoms with Gasteiger partial charge in [0.05, 0.1) is 12.1 Å². The molecule has 1 saturated carbocycles. The smallest absolute Gasteiger partial charge is 0.242 e. The van der Waals surface area contributed by atoms with E-state index in [1.54, 1.807) is 0 Å². The number of carbonyl (C=O) groups is 2. The number of ether oxygens (including phenoxy) is 1. The Kier molecular flexibility index (Phi) is 2.56. The van der Waals surface area contributed by atoms with E-state index in [1.807, 2.05) is 0 Å². The molecular weight excluding hydrogens is 222 g/mol. The van der Waals surface area contributed by atoms with Gasteiger partial charge in [0.2, 0.25) is 11.8 Å². The first-order valence-electron chi connectivity index (χ1n) is 6.14. The highest BCUT2D eigenvalue weighted by atomic mass is 16.5. The molecule has 0 aromatic carbocycles. The van der Waals surface area contributed by atoms with Crippen LogP contribution in [0.4, 0.5) is 0 Å². The standard InChI is InChI=1S/C11H17N3O3/c12-8-5-3-4-17-10(5)9(8)14-11(16)6-1-2-7(15)13-6/h5-6,8-10H,1-4,12H2,(H,13,15)(H,14,16)/t5?,6-,8?,9?,10?/m1/s1. The van der Waals surface area contributed by atoms with Crippen molar-refractivity contribution >= 4 is 11.8 Å². The Hall–Kier alpha value is -1.14. The highest BCUT2D eigenvalue weighted by molar-refractivity contribution is 5.91. The average Bonchev–Trinajstić information content (AvgIpc) is 2.92. The van der Waals surface area contributed by atoms with Gasteiger partial charge in [0.15, 0.2) is 0 Å². The van der Waals surface area contributed by atoms with E-state index in [1.165, 1.54) is 0 Å². The van der Waals surface area contributed by atoms with Crippen LogP contribution in [-0.4, -0.2) is 42.7 Å². The highest BCUT2D eigenvalue weighted by Gasteiger charge is 2.53. The Morgan fingerprint density at radius 2 is 2.29 bits per heavy atom. The van der Waals surface area contributed by atoms with Crippen LogP contribution in [0, 0.1) is 5.92 Å². The molecule has 3 fully saturated rings. The number of carbonyl (C=O) groups excluding carboxylic acids is 2. The summed E-state index contributed by atoms with van der Waals surface area (Å²) < 4.78 is 5.54. The monoisotopic (exact) mass is 239 g/mol. The van der Waals surface area contributed by atoms with Crippen LogP contribution in [0.5, 0.6) is 0 Å². The van der Waals surface area contributed by atoms with Crippen molar-refractivity contribution in [1.82, 2.24) is 10.6 Å². The summed E-state index contributed by atoms with van der Waals surface area (Å²) in [6, 6.07) is -0.494. The summed E-state index contributed by atoms with van der Waals surface area (Å²) in [6.45, 7) is 0.732. The molecule has 3 rings (SSSR count). The molecule has 1 aliphatic carbocycles. The number of nitrogens with one attached hydrogen (secondary N) is 2. The summed E-state index contributed by atoms with van der Waals surface area (Å²) in [5, 5.41) is 5.55. The van der Waals surface area contributed by atoms with Crippen molar-refractivity contribution < 1.29 is 14.3 Å². The van der Waals surface area contributed by atoms with Crippen molar-refractivity contribution in [3.8, 4) is 0 Å². The molecule has 0 radical (unpaired) electrons. The van der Waals surface area contributed by atoms with Gasteiger partial charge >= 0.3 is 0 Å². The molecule has 17 heavy (non-hydrogen) atoms. The third-order valence-electron chi connectivity index (χ3n) is 4.07. The maximum atomic E-state index is 11.9. The fourth-order valence-corrected chi connectivity index (χ4v) is 3.00. The highest BCUT2D eigenvalue weighted by Crippen LogP contribution is 2.37. The van der Waals surface area contributed by atoms with Crippen molar-refractivity contribution in [3.63, 3.8) is 0 Å². The van der Waals surface area contributed by atoms with Gasteiger partial charge in [0, 0.05) is 25.0 Å². The topological polar surface area (TPSA) is 93.4 Å². The van der Waals surface area contributed by atoms with E-state index in [9.17, 15) is 9.59 Å². The number of rotatable bonds is 2. The first-order valence-corrected chi connectivity index (χ1v) is 6.14. The van der Waals surface area contributed by atoms with Gasteiger partial charge in [-0.05, 0) is 12.8 Å². The Bertz CT molecular complexity index is 360. The summed E-state index contributed by atoms with van der Waals surface area (Å²) in [5.41, 5.74) is 6.00. The van der Waals surface area contributed by atoms with Gasteiger partial charge in [-0.1, -0.05) is 0 Å². The van der Waals surface area contributed by atoms with Crippen molar-refractivity contribution in [3.05, 3.63) is 0 Å². The molecule has 0 bridgehead atoms. The van der Waals surface area contributed by atoms with Crippen LogP contribution in [0.1, 0.15) is 19.3 Å². The largest absolute Gasteiger partial charge is 0.376 e. The van der Waals surface area contributed by atoms with Crippen LogP contribution < -0.4 is 16.4 Å². The number of hydrogen-bond acceptors (Lipinski definition) is 4. The van der Waals surface area contributed by atoms with Gasteiger partial charge < -0.3 is 21.1 Å². The summed E-state index contributed by atoms with van der Waals surface area (Å²) in [7, 11) is 0. The maximum Gasteiger partial charge on any atom is 0.242 e. The van der Waals surface area contributed by atoms with E-state index in [-0.39, 0.29) is 30.0 Å². The van der Waals surface area contributed by atoms with E-state index in [4.69, 9.17) is 10.5 Å². The van der Waals surface area contributed by atoms with E-state index in [0.717, 1.165) is 13.0 Å². The molecule has 2 amide bonds. The minimum absolute atomic E-state index is 0.0106. The molecular formula is C11H17N3O3. The molecule has 0 aromatic heterocycles. The summed E-state index contributed by atoms with van der Waals surface area (Å²) in [4.78, 5) is 22.9. The predicted octanol–water partition coefficient (Wildman–Crippen LogP) is -1.50. The lowest BCUT2D eigenvalue weighted by Crippen LogP contribution is -2.70. The van der Waals surface area contributed by atoms with Crippen molar-refractivity contribution in [2.45, 2.75) is 43.5 Å². The Balaban J connectivity index is 1.57. The fourth-order valence-electron chi connectivity index (χ4n) is 3.00. The molecule has 94 valence electrons. The molecule has 6 heteroatoms. The lowest BCUT2D eigenvalue weighted by molar-refractivity contribution is -0.129. The summed E-state index contributed by atoms with van der Waals surface area (Å²) in [6.07, 6.45) is 2.06. The van der Waals surface area contributed by atoms with Gasteiger partial charge in [0.25, 0.3) is 0 Å². The quantitative estimate of drug-likeness (QED) is 0.546. The predicted molar refractivity (Wildman–Crippen MR) is 58.9 cm³/mol. The van der Waals surface area contributed by atoms with Crippen LogP contribution in [-0.2, 0) is 14.3 Å². The minimum atomic E-state index is -0.393. The second-order valence-electron chi connectivity index (χ2n) is 5.06. The molecule has 4 N–H and O–H groups in total. The second-order valence-corrected chi connectivity index (χ2v) is 5.06. The first kappa shape index (κ1) is 11.0. The summed E-state index contributed by atoms with van der Waals surface area (Å²) >= 11 is 0. The molecule has 3 aliphatic rings. The van der Waals surface area contributed by atoms with Gasteiger partial charge in [-0.25, -0.2) is 0 Å². The molecule has 6 nitrogen and oxygen atoms in total. The number of fused-ring (bicyclic) bond motifs is 1. The normalized spacial score (nSPS) is 43.8. The molecule has 2 saturated heterocycles. The Morgan fingerprint density at radius 3 is 3.00 bits per heavy atom. The number of nitrogens with two attached hydrogens (primary N) is 1. The summed E-state index contributed by atoms with van der Waals surface area (Å²) in [5.74, 6) is 0.196. The average molecular weight is 239 g/mol. The zero-order valence-corrected chi connectivity index (χ0v) is 9.52. The van der Waals surface area contributed by atoms with E-state index >= 15 is 0 Å². The van der Waals surface area contributed by atoms with Crippen LogP contribution in [0.15, 0.2) is 0 Å². The van der Waals surface area contributed by atoms with Crippen molar-refractivity contribution in [2.24, 2.45) is 11.7 Å². The number of hydrogen-bond donors (Lipinski definition) is 3.